The molecule has 1 N–H and O–H groups in total. The molecule has 0 radical (unpaired) electrons. The number of amides is 2. The van der Waals surface area contributed by atoms with Crippen LogP contribution >= 0.6 is 0 Å². The fourth-order valence-corrected chi connectivity index (χ4v) is 5.61. The molecule has 32 heavy (non-hydrogen) atoms. The average molecular weight is 439 g/mol. The maximum absolute atomic E-state index is 14.7. The van der Waals surface area contributed by atoms with Crippen molar-refractivity contribution in [2.24, 2.45) is 21.9 Å². The van der Waals surface area contributed by atoms with E-state index in [1.807, 2.05) is 12.2 Å². The average Bonchev–Trinajstić information content (AvgIpc) is 3.10. The molecule has 1 aliphatic carbocycles. The molecule has 1 saturated carbocycles. The molecule has 1 aromatic carbocycles. The molecule has 1 unspecified atom stereocenters. The standard InChI is InChI=1S/C23H24F2N6O/c1-14-6-8-29(13-14)22(32)27-21-12-26-19-4-5-20(28-31(19)21)30-9-7-15-11-23(15,30)17-10-16(24)2-3-18(17)25/h2-5,10,12,14-15,19H,6-9,11,13H2,1H3/p+1/t14-,15+,19?,23-/m1/s1. The predicted octanol–water partition coefficient (Wildman–Crippen LogP) is 2.64. The molecule has 9 heteroatoms. The molecular weight excluding hydrogens is 414 g/mol. The number of nitrogens with one attached hydrogen (secondary N) is 1. The van der Waals surface area contributed by atoms with Crippen molar-refractivity contribution in [3.63, 3.8) is 0 Å². The fourth-order valence-electron chi connectivity index (χ4n) is 5.61. The van der Waals surface area contributed by atoms with Gasteiger partial charge in [-0.15, -0.1) is 4.68 Å². The van der Waals surface area contributed by atoms with Gasteiger partial charge in [-0.1, -0.05) is 12.0 Å². The number of rotatable bonds is 1. The van der Waals surface area contributed by atoms with Gasteiger partial charge < -0.3 is 9.80 Å². The van der Waals surface area contributed by atoms with E-state index in [-0.39, 0.29) is 23.9 Å². The van der Waals surface area contributed by atoms with Crippen LogP contribution in [0.25, 0.3) is 0 Å². The SMILES string of the molecule is C[C@@H]1CCN(C(=O)NC2=[N+]3N=C(N4CC[C@H]5C[C@]54c4cc(F)ccc4F)C=CC3N=C2)C1. The van der Waals surface area contributed by atoms with Crippen molar-refractivity contribution in [3.05, 3.63) is 47.5 Å². The normalized spacial score (nSPS) is 32.3. The van der Waals surface area contributed by atoms with Crippen LogP contribution < -0.4 is 5.32 Å². The summed E-state index contributed by atoms with van der Waals surface area (Å²) in [6.07, 6.45) is 7.82. The third-order valence-corrected chi connectivity index (χ3v) is 7.35. The Kier molecular flexibility index (Phi) is 4.25. The highest BCUT2D eigenvalue weighted by Gasteiger charge is 2.65. The van der Waals surface area contributed by atoms with Gasteiger partial charge in [0.05, 0.1) is 5.54 Å². The van der Waals surface area contributed by atoms with E-state index in [0.29, 0.717) is 23.2 Å². The maximum Gasteiger partial charge on any atom is 0.409 e. The highest BCUT2D eigenvalue weighted by atomic mass is 19.1. The number of halogens is 2. The van der Waals surface area contributed by atoms with E-state index in [2.05, 4.69) is 22.1 Å². The molecule has 4 atom stereocenters. The Bertz CT molecular complexity index is 1130. The monoisotopic (exact) mass is 439 g/mol. The van der Waals surface area contributed by atoms with E-state index < -0.39 is 11.4 Å². The van der Waals surface area contributed by atoms with Gasteiger partial charge in [0.15, 0.2) is 5.84 Å². The fraction of sp³-hybridized carbons (Fsp3) is 0.478. The van der Waals surface area contributed by atoms with Crippen molar-refractivity contribution >= 4 is 23.9 Å². The summed E-state index contributed by atoms with van der Waals surface area (Å²) in [5.41, 5.74) is -0.158. The van der Waals surface area contributed by atoms with Crippen LogP contribution in [0.3, 0.4) is 0 Å². The summed E-state index contributed by atoms with van der Waals surface area (Å²) < 4.78 is 30.3. The van der Waals surface area contributed by atoms with E-state index in [1.54, 1.807) is 15.8 Å². The summed E-state index contributed by atoms with van der Waals surface area (Å²) in [5, 5.41) is 7.72. The second-order valence-electron chi connectivity index (χ2n) is 9.40. The van der Waals surface area contributed by atoms with Crippen LogP contribution in [0.2, 0.25) is 0 Å². The number of carbonyl (C=O) groups is 1. The van der Waals surface area contributed by atoms with E-state index >= 15 is 0 Å². The first-order chi connectivity index (χ1) is 15.5. The number of hydrogen-bond donors (Lipinski definition) is 1. The molecular formula is C23H25F2N6O+. The van der Waals surface area contributed by atoms with Crippen molar-refractivity contribution in [2.75, 3.05) is 19.6 Å². The molecule has 0 bridgehead atoms. The number of likely N-dealkylation sites (tertiary alicyclic amines) is 2. The highest BCUT2D eigenvalue weighted by Crippen LogP contribution is 2.63. The second-order valence-corrected chi connectivity index (χ2v) is 9.40. The lowest BCUT2D eigenvalue weighted by atomic mass is 10.0. The largest absolute Gasteiger partial charge is 0.409 e. The Morgan fingerprint density at radius 2 is 2.16 bits per heavy atom. The first kappa shape index (κ1) is 19.6. The van der Waals surface area contributed by atoms with E-state index in [0.717, 1.165) is 45.0 Å². The number of piperidine rings is 1. The van der Waals surface area contributed by atoms with Crippen LogP contribution in [-0.4, -0.2) is 64.2 Å². The Labute approximate surface area is 184 Å². The van der Waals surface area contributed by atoms with Crippen molar-refractivity contribution in [2.45, 2.75) is 37.9 Å². The molecule has 3 fully saturated rings. The topological polar surface area (TPSA) is 63.3 Å². The third kappa shape index (κ3) is 2.90. The van der Waals surface area contributed by atoms with Crippen molar-refractivity contribution in [1.29, 1.82) is 0 Å². The van der Waals surface area contributed by atoms with Gasteiger partial charge in [0.2, 0.25) is 6.17 Å². The summed E-state index contributed by atoms with van der Waals surface area (Å²) in [5.74, 6) is 1.16. The van der Waals surface area contributed by atoms with Gasteiger partial charge in [0.1, 0.15) is 17.8 Å². The molecule has 0 spiro atoms. The van der Waals surface area contributed by atoms with E-state index in [1.165, 1.54) is 12.1 Å². The van der Waals surface area contributed by atoms with Gasteiger partial charge in [0.25, 0.3) is 0 Å². The lowest BCUT2D eigenvalue weighted by molar-refractivity contribution is -0.556. The number of nitrogens with zero attached hydrogens (tertiary/aromatic N) is 5. The Morgan fingerprint density at radius 1 is 1.28 bits per heavy atom. The van der Waals surface area contributed by atoms with Gasteiger partial charge in [-0.2, -0.15) is 5.32 Å². The quantitative estimate of drug-likeness (QED) is 0.684. The number of fused-ring (bicyclic) bond motifs is 2. The predicted molar refractivity (Wildman–Crippen MR) is 115 cm³/mol. The number of hydrazone groups is 1. The summed E-state index contributed by atoms with van der Waals surface area (Å²) in [6.45, 7) is 4.34. The second kappa shape index (κ2) is 6.95. The molecule has 4 heterocycles. The molecule has 0 aromatic heterocycles. The van der Waals surface area contributed by atoms with Crippen LogP contribution in [-0.2, 0) is 5.54 Å². The van der Waals surface area contributed by atoms with Crippen molar-refractivity contribution in [3.8, 4) is 0 Å². The van der Waals surface area contributed by atoms with E-state index in [9.17, 15) is 13.6 Å². The Morgan fingerprint density at radius 3 is 2.94 bits per heavy atom. The van der Waals surface area contributed by atoms with Crippen molar-refractivity contribution in [1.82, 2.24) is 15.1 Å². The molecule has 5 aliphatic rings. The molecule has 6 rings (SSSR count). The molecule has 4 aliphatic heterocycles. The van der Waals surface area contributed by atoms with Crippen LogP contribution in [0, 0.1) is 23.5 Å². The van der Waals surface area contributed by atoms with Crippen LogP contribution in [0.4, 0.5) is 13.6 Å². The van der Waals surface area contributed by atoms with E-state index in [4.69, 9.17) is 5.10 Å². The molecule has 166 valence electrons. The zero-order chi connectivity index (χ0) is 22.0. The first-order valence-electron chi connectivity index (χ1n) is 11.2. The van der Waals surface area contributed by atoms with Gasteiger partial charge in [0, 0.05) is 25.2 Å². The molecule has 1 aromatic rings. The van der Waals surface area contributed by atoms with Crippen LogP contribution in [0.15, 0.2) is 40.4 Å². The minimum absolute atomic E-state index is 0.149. The number of benzene rings is 1. The number of hydrogen-bond acceptors (Lipinski definition) is 4. The number of amidine groups is 2. The summed E-state index contributed by atoms with van der Waals surface area (Å²) in [6, 6.07) is 3.53. The summed E-state index contributed by atoms with van der Waals surface area (Å²) >= 11 is 0. The molecule has 2 saturated heterocycles. The summed E-state index contributed by atoms with van der Waals surface area (Å²) in [7, 11) is 0. The van der Waals surface area contributed by atoms with Crippen LogP contribution in [0.5, 0.6) is 0 Å². The minimum atomic E-state index is -0.558. The number of urea groups is 1. The smallest absolute Gasteiger partial charge is 0.343 e. The lowest BCUT2D eigenvalue weighted by Gasteiger charge is -2.31. The molecule has 2 amide bonds. The lowest BCUT2D eigenvalue weighted by Crippen LogP contribution is -2.46. The highest BCUT2D eigenvalue weighted by molar-refractivity contribution is 6.31. The zero-order valence-corrected chi connectivity index (χ0v) is 17.8. The molecule has 7 nitrogen and oxygen atoms in total. The maximum atomic E-state index is 14.7. The Hall–Kier alpha value is -3.10. The number of carbonyl (C=O) groups excluding carboxylic acids is 1. The third-order valence-electron chi connectivity index (χ3n) is 7.35. The van der Waals surface area contributed by atoms with Gasteiger partial charge in [-0.25, -0.2) is 18.6 Å². The van der Waals surface area contributed by atoms with Gasteiger partial charge >= 0.3 is 11.9 Å². The summed E-state index contributed by atoms with van der Waals surface area (Å²) in [4.78, 5) is 21.0. The number of aliphatic imine (C=N–C) groups is 1. The van der Waals surface area contributed by atoms with Gasteiger partial charge in [-0.05, 0) is 61.4 Å². The first-order valence-corrected chi connectivity index (χ1v) is 11.2. The van der Waals surface area contributed by atoms with Crippen molar-refractivity contribution < 1.29 is 18.3 Å². The van der Waals surface area contributed by atoms with Crippen LogP contribution in [0.1, 0.15) is 31.7 Å². The van der Waals surface area contributed by atoms with Gasteiger partial charge in [-0.3, -0.25) is 0 Å². The minimum Gasteiger partial charge on any atom is -0.343 e. The zero-order valence-electron chi connectivity index (χ0n) is 17.8. The Balaban J connectivity index is 1.30.